The number of thiocarbonyl (C=S) groups is 1. The Labute approximate surface area is 125 Å². The number of hydrogen-bond acceptors (Lipinski definition) is 2. The van der Waals surface area contributed by atoms with E-state index in [0.717, 1.165) is 0 Å². The predicted octanol–water partition coefficient (Wildman–Crippen LogP) is 3.61. The first-order chi connectivity index (χ1) is 9.54. The molecule has 0 aliphatic rings. The van der Waals surface area contributed by atoms with Gasteiger partial charge in [-0.05, 0) is 60.7 Å². The van der Waals surface area contributed by atoms with Crippen molar-refractivity contribution >= 4 is 40.5 Å². The van der Waals surface area contributed by atoms with Crippen LogP contribution >= 0.6 is 23.8 Å². The second-order valence-corrected chi connectivity index (χ2v) is 4.77. The number of benzene rings is 2. The smallest absolute Gasteiger partial charge is 0.257 e. The Morgan fingerprint density at radius 1 is 1.05 bits per heavy atom. The summed E-state index contributed by atoms with van der Waals surface area (Å²) in [7, 11) is 0. The van der Waals surface area contributed by atoms with Gasteiger partial charge in [0.2, 0.25) is 0 Å². The Kier molecular flexibility index (Phi) is 4.65. The Bertz CT molecular complexity index is 629. The maximum Gasteiger partial charge on any atom is 0.257 e. The molecule has 0 saturated carbocycles. The van der Waals surface area contributed by atoms with Gasteiger partial charge in [-0.15, -0.1) is 0 Å². The van der Waals surface area contributed by atoms with Crippen LogP contribution in [0.25, 0.3) is 0 Å². The largest absolute Gasteiger partial charge is 0.332 e. The molecule has 0 radical (unpaired) electrons. The summed E-state index contributed by atoms with van der Waals surface area (Å²) in [6.45, 7) is 0. The minimum atomic E-state index is -0.406. The number of carbonyl (C=O) groups excluding carboxylic acids is 1. The third kappa shape index (κ3) is 4.01. The summed E-state index contributed by atoms with van der Waals surface area (Å²) < 4.78 is 12.8. The van der Waals surface area contributed by atoms with Gasteiger partial charge in [-0.25, -0.2) is 4.39 Å². The van der Waals surface area contributed by atoms with Crippen molar-refractivity contribution < 1.29 is 9.18 Å². The zero-order chi connectivity index (χ0) is 14.5. The first-order valence-corrected chi connectivity index (χ1v) is 6.47. The van der Waals surface area contributed by atoms with E-state index in [-0.39, 0.29) is 5.11 Å². The maximum absolute atomic E-state index is 12.8. The molecule has 0 saturated heterocycles. The number of nitrogens with one attached hydrogen (secondary N) is 2. The zero-order valence-corrected chi connectivity index (χ0v) is 11.8. The molecular formula is C14H10ClFN2OS. The van der Waals surface area contributed by atoms with Crippen molar-refractivity contribution in [2.75, 3.05) is 5.32 Å². The van der Waals surface area contributed by atoms with Crippen molar-refractivity contribution in [2.24, 2.45) is 0 Å². The Morgan fingerprint density at radius 2 is 1.65 bits per heavy atom. The maximum atomic E-state index is 12.8. The molecule has 102 valence electrons. The molecule has 0 heterocycles. The highest BCUT2D eigenvalue weighted by molar-refractivity contribution is 7.80. The Balaban J connectivity index is 1.95. The quantitative estimate of drug-likeness (QED) is 0.833. The molecule has 2 aromatic rings. The highest BCUT2D eigenvalue weighted by atomic mass is 35.5. The van der Waals surface area contributed by atoms with Crippen LogP contribution in [0.5, 0.6) is 0 Å². The van der Waals surface area contributed by atoms with Crippen LogP contribution in [0, 0.1) is 5.82 Å². The van der Waals surface area contributed by atoms with Crippen molar-refractivity contribution in [3.05, 3.63) is 64.9 Å². The van der Waals surface area contributed by atoms with Crippen molar-refractivity contribution in [3.8, 4) is 0 Å². The summed E-state index contributed by atoms with van der Waals surface area (Å²) in [4.78, 5) is 11.8. The molecule has 20 heavy (non-hydrogen) atoms. The lowest BCUT2D eigenvalue weighted by Gasteiger charge is -2.09. The summed E-state index contributed by atoms with van der Waals surface area (Å²) >= 11 is 10.8. The molecule has 2 rings (SSSR count). The normalized spacial score (nSPS) is 9.90. The second kappa shape index (κ2) is 6.45. The molecule has 6 heteroatoms. The fourth-order valence-electron chi connectivity index (χ4n) is 1.47. The fourth-order valence-corrected chi connectivity index (χ4v) is 1.81. The number of rotatable bonds is 2. The fraction of sp³-hybridized carbons (Fsp3) is 0. The van der Waals surface area contributed by atoms with Gasteiger partial charge in [-0.3, -0.25) is 10.1 Å². The Hall–Kier alpha value is -1.98. The third-order valence-corrected chi connectivity index (χ3v) is 2.89. The van der Waals surface area contributed by atoms with Crippen LogP contribution in [-0.2, 0) is 0 Å². The molecule has 2 aromatic carbocycles. The number of hydrogen-bond donors (Lipinski definition) is 2. The van der Waals surface area contributed by atoms with Gasteiger partial charge in [0.15, 0.2) is 5.11 Å². The summed E-state index contributed by atoms with van der Waals surface area (Å²) in [5, 5.41) is 6.12. The molecule has 0 aliphatic heterocycles. The summed E-state index contributed by atoms with van der Waals surface area (Å²) in [6, 6.07) is 12.1. The summed E-state index contributed by atoms with van der Waals surface area (Å²) in [5.74, 6) is -0.806. The zero-order valence-electron chi connectivity index (χ0n) is 10.2. The second-order valence-electron chi connectivity index (χ2n) is 3.92. The predicted molar refractivity (Wildman–Crippen MR) is 81.5 cm³/mol. The lowest BCUT2D eigenvalue weighted by atomic mass is 10.2. The number of carbonyl (C=O) groups is 1. The number of anilines is 1. The Morgan fingerprint density at radius 3 is 2.25 bits per heavy atom. The van der Waals surface area contributed by atoms with E-state index in [9.17, 15) is 9.18 Å². The van der Waals surface area contributed by atoms with Crippen LogP contribution in [-0.4, -0.2) is 11.0 Å². The van der Waals surface area contributed by atoms with Crippen LogP contribution in [0.4, 0.5) is 10.1 Å². The van der Waals surface area contributed by atoms with Crippen molar-refractivity contribution in [2.45, 2.75) is 0 Å². The van der Waals surface area contributed by atoms with Gasteiger partial charge < -0.3 is 5.32 Å². The van der Waals surface area contributed by atoms with E-state index in [1.807, 2.05) is 0 Å². The van der Waals surface area contributed by atoms with E-state index in [0.29, 0.717) is 16.3 Å². The monoisotopic (exact) mass is 308 g/mol. The molecule has 3 nitrogen and oxygen atoms in total. The van der Waals surface area contributed by atoms with Crippen LogP contribution in [0.15, 0.2) is 48.5 Å². The average molecular weight is 309 g/mol. The van der Waals surface area contributed by atoms with Crippen LogP contribution in [0.2, 0.25) is 5.02 Å². The molecule has 2 N–H and O–H groups in total. The SMILES string of the molecule is O=C(NC(=S)Nc1ccc(Cl)cc1)c1ccc(F)cc1. The first-order valence-electron chi connectivity index (χ1n) is 5.68. The topological polar surface area (TPSA) is 41.1 Å². The molecule has 0 aromatic heterocycles. The molecule has 1 amide bonds. The van der Waals surface area contributed by atoms with Crippen molar-refractivity contribution in [3.63, 3.8) is 0 Å². The van der Waals surface area contributed by atoms with Crippen LogP contribution in [0.3, 0.4) is 0 Å². The van der Waals surface area contributed by atoms with E-state index in [1.165, 1.54) is 24.3 Å². The molecule has 0 unspecified atom stereocenters. The van der Waals surface area contributed by atoms with E-state index >= 15 is 0 Å². The highest BCUT2D eigenvalue weighted by Gasteiger charge is 2.07. The van der Waals surface area contributed by atoms with Gasteiger partial charge in [-0.1, -0.05) is 11.6 Å². The minimum absolute atomic E-state index is 0.154. The van der Waals surface area contributed by atoms with E-state index in [1.54, 1.807) is 24.3 Å². The van der Waals surface area contributed by atoms with E-state index in [2.05, 4.69) is 10.6 Å². The van der Waals surface area contributed by atoms with Gasteiger partial charge in [0, 0.05) is 16.3 Å². The average Bonchev–Trinajstić information content (AvgIpc) is 2.42. The van der Waals surface area contributed by atoms with Gasteiger partial charge in [0.1, 0.15) is 5.82 Å². The third-order valence-electron chi connectivity index (χ3n) is 2.44. The molecular weight excluding hydrogens is 299 g/mol. The molecule has 0 atom stereocenters. The van der Waals surface area contributed by atoms with Gasteiger partial charge in [0.25, 0.3) is 5.91 Å². The number of amides is 1. The highest BCUT2D eigenvalue weighted by Crippen LogP contribution is 2.13. The van der Waals surface area contributed by atoms with Crippen molar-refractivity contribution in [1.82, 2.24) is 5.32 Å². The van der Waals surface area contributed by atoms with E-state index in [4.69, 9.17) is 23.8 Å². The first kappa shape index (κ1) is 14.4. The van der Waals surface area contributed by atoms with Crippen LogP contribution < -0.4 is 10.6 Å². The van der Waals surface area contributed by atoms with Crippen molar-refractivity contribution in [1.29, 1.82) is 0 Å². The molecule has 0 fully saturated rings. The standard InChI is InChI=1S/C14H10ClFN2OS/c15-10-3-7-12(8-4-10)17-14(20)18-13(19)9-1-5-11(16)6-2-9/h1-8H,(H2,17,18,19,20). The van der Waals surface area contributed by atoms with Gasteiger partial charge >= 0.3 is 0 Å². The lowest BCUT2D eigenvalue weighted by molar-refractivity contribution is 0.0977. The van der Waals surface area contributed by atoms with E-state index < -0.39 is 11.7 Å². The van der Waals surface area contributed by atoms with Crippen LogP contribution in [0.1, 0.15) is 10.4 Å². The summed E-state index contributed by atoms with van der Waals surface area (Å²) in [6.07, 6.45) is 0. The molecule has 0 aliphatic carbocycles. The number of halogens is 2. The lowest BCUT2D eigenvalue weighted by Crippen LogP contribution is -2.34. The minimum Gasteiger partial charge on any atom is -0.332 e. The molecule has 0 spiro atoms. The summed E-state index contributed by atoms with van der Waals surface area (Å²) in [5.41, 5.74) is 1.03. The van der Waals surface area contributed by atoms with Gasteiger partial charge in [-0.2, -0.15) is 0 Å². The van der Waals surface area contributed by atoms with Gasteiger partial charge in [0.05, 0.1) is 0 Å². The molecule has 0 bridgehead atoms.